The van der Waals surface area contributed by atoms with Crippen molar-refractivity contribution in [2.75, 3.05) is 13.1 Å². The van der Waals surface area contributed by atoms with Crippen LogP contribution in [-0.2, 0) is 11.3 Å². The number of rotatable bonds is 5. The molecule has 94 valence electrons. The van der Waals surface area contributed by atoms with E-state index >= 15 is 0 Å². The second kappa shape index (κ2) is 5.42. The van der Waals surface area contributed by atoms with E-state index in [2.05, 4.69) is 4.98 Å². The summed E-state index contributed by atoms with van der Waals surface area (Å²) in [6.45, 7) is 6.53. The van der Waals surface area contributed by atoms with Crippen molar-refractivity contribution < 1.29 is 9.72 Å². The molecule has 0 aromatic carbocycles. The van der Waals surface area contributed by atoms with E-state index in [0.717, 1.165) is 0 Å². The summed E-state index contributed by atoms with van der Waals surface area (Å²) >= 11 is 0. The number of amides is 1. The average molecular weight is 240 g/mol. The molecular weight excluding hydrogens is 224 g/mol. The third-order valence-corrected chi connectivity index (χ3v) is 2.63. The summed E-state index contributed by atoms with van der Waals surface area (Å²) in [5.41, 5.74) is 0. The van der Waals surface area contributed by atoms with Gasteiger partial charge in [0.25, 0.3) is 5.91 Å². The van der Waals surface area contributed by atoms with Crippen LogP contribution in [0.2, 0.25) is 0 Å². The first-order valence-electron chi connectivity index (χ1n) is 5.45. The molecule has 0 spiro atoms. The summed E-state index contributed by atoms with van der Waals surface area (Å²) in [6, 6.07) is 0. The highest BCUT2D eigenvalue weighted by Crippen LogP contribution is 2.13. The van der Waals surface area contributed by atoms with Gasteiger partial charge in [0.15, 0.2) is 12.4 Å². The fourth-order valence-corrected chi connectivity index (χ4v) is 1.61. The molecule has 7 nitrogen and oxygen atoms in total. The second-order valence-corrected chi connectivity index (χ2v) is 3.57. The zero-order valence-electron chi connectivity index (χ0n) is 10.2. The standard InChI is InChI=1S/C10H16N4O3/c1-4-12(5-2)10(15)7-13-8(3)11-6-9(13)14(16)17/h6H,4-5,7H2,1-3H3. The molecule has 17 heavy (non-hydrogen) atoms. The van der Waals surface area contributed by atoms with Crippen molar-refractivity contribution in [3.63, 3.8) is 0 Å². The van der Waals surface area contributed by atoms with E-state index in [1.807, 2.05) is 13.8 Å². The number of likely N-dealkylation sites (N-methyl/N-ethyl adjacent to an activating group) is 1. The van der Waals surface area contributed by atoms with Crippen LogP contribution in [0.5, 0.6) is 0 Å². The highest BCUT2D eigenvalue weighted by molar-refractivity contribution is 5.76. The van der Waals surface area contributed by atoms with Gasteiger partial charge in [-0.05, 0) is 18.8 Å². The smallest absolute Gasteiger partial charge is 0.343 e. The van der Waals surface area contributed by atoms with Crippen molar-refractivity contribution in [3.8, 4) is 0 Å². The molecule has 1 heterocycles. The van der Waals surface area contributed by atoms with Gasteiger partial charge in [-0.3, -0.25) is 4.79 Å². The zero-order valence-corrected chi connectivity index (χ0v) is 10.2. The summed E-state index contributed by atoms with van der Waals surface area (Å²) in [5.74, 6) is 0.180. The molecule has 0 unspecified atom stereocenters. The van der Waals surface area contributed by atoms with Crippen LogP contribution in [0.15, 0.2) is 6.20 Å². The first-order chi connectivity index (χ1) is 8.01. The fraction of sp³-hybridized carbons (Fsp3) is 0.600. The van der Waals surface area contributed by atoms with Crippen molar-refractivity contribution in [3.05, 3.63) is 22.1 Å². The predicted octanol–water partition coefficient (Wildman–Crippen LogP) is 0.968. The molecule has 0 aliphatic heterocycles. The Balaban J connectivity index is 2.91. The minimum atomic E-state index is -0.532. The van der Waals surface area contributed by atoms with Gasteiger partial charge < -0.3 is 15.0 Å². The van der Waals surface area contributed by atoms with Crippen LogP contribution in [0.4, 0.5) is 5.82 Å². The quantitative estimate of drug-likeness (QED) is 0.567. The van der Waals surface area contributed by atoms with Gasteiger partial charge in [0.1, 0.15) is 6.20 Å². The Morgan fingerprint density at radius 3 is 2.59 bits per heavy atom. The molecule has 1 aromatic heterocycles. The number of nitrogens with zero attached hydrogens (tertiary/aromatic N) is 4. The molecule has 0 saturated carbocycles. The summed E-state index contributed by atoms with van der Waals surface area (Å²) in [5, 5.41) is 10.7. The lowest BCUT2D eigenvalue weighted by atomic mass is 10.4. The number of carbonyl (C=O) groups is 1. The largest absolute Gasteiger partial charge is 0.358 e. The molecule has 0 atom stereocenters. The van der Waals surface area contributed by atoms with Crippen LogP contribution in [-0.4, -0.2) is 38.4 Å². The van der Waals surface area contributed by atoms with Crippen LogP contribution < -0.4 is 0 Å². The first-order valence-corrected chi connectivity index (χ1v) is 5.45. The van der Waals surface area contributed by atoms with Crippen LogP contribution in [0.25, 0.3) is 0 Å². The Morgan fingerprint density at radius 1 is 1.53 bits per heavy atom. The van der Waals surface area contributed by atoms with E-state index in [9.17, 15) is 14.9 Å². The molecular formula is C10H16N4O3. The lowest BCUT2D eigenvalue weighted by Gasteiger charge is -2.17. The summed E-state index contributed by atoms with van der Waals surface area (Å²) < 4.78 is 1.32. The molecule has 0 bridgehead atoms. The molecule has 0 radical (unpaired) electrons. The number of nitro groups is 1. The van der Waals surface area contributed by atoms with Gasteiger partial charge in [0.2, 0.25) is 0 Å². The van der Waals surface area contributed by atoms with Crippen LogP contribution in [0.1, 0.15) is 19.7 Å². The minimum absolute atomic E-state index is 0.0379. The third-order valence-electron chi connectivity index (χ3n) is 2.63. The van der Waals surface area contributed by atoms with Crippen molar-refractivity contribution >= 4 is 11.7 Å². The molecule has 1 amide bonds. The van der Waals surface area contributed by atoms with Gasteiger partial charge >= 0.3 is 5.82 Å². The van der Waals surface area contributed by atoms with E-state index in [1.165, 1.54) is 10.8 Å². The zero-order chi connectivity index (χ0) is 13.0. The lowest BCUT2D eigenvalue weighted by Crippen LogP contribution is -2.33. The third kappa shape index (κ3) is 2.80. The second-order valence-electron chi connectivity index (χ2n) is 3.57. The highest BCUT2D eigenvalue weighted by Gasteiger charge is 2.22. The maximum atomic E-state index is 11.9. The molecule has 0 aliphatic rings. The van der Waals surface area contributed by atoms with Gasteiger partial charge in [-0.2, -0.15) is 0 Å². The molecule has 0 aliphatic carbocycles. The Kier molecular flexibility index (Phi) is 4.19. The number of hydrogen-bond donors (Lipinski definition) is 0. The van der Waals surface area contributed by atoms with E-state index in [4.69, 9.17) is 0 Å². The summed E-state index contributed by atoms with van der Waals surface area (Å²) in [4.78, 5) is 27.5. The summed E-state index contributed by atoms with van der Waals surface area (Å²) in [6.07, 6.45) is 1.17. The summed E-state index contributed by atoms with van der Waals surface area (Å²) in [7, 11) is 0. The SMILES string of the molecule is CCN(CC)C(=O)Cn1c([N+](=O)[O-])cnc1C. The lowest BCUT2D eigenvalue weighted by molar-refractivity contribution is -0.392. The number of aryl methyl sites for hydroxylation is 1. The van der Waals surface area contributed by atoms with Crippen LogP contribution in [0, 0.1) is 17.0 Å². The van der Waals surface area contributed by atoms with Gasteiger partial charge in [-0.1, -0.05) is 0 Å². The first kappa shape index (κ1) is 13.1. The molecule has 0 N–H and O–H groups in total. The Bertz CT molecular complexity index is 423. The number of aromatic nitrogens is 2. The number of carbonyl (C=O) groups excluding carboxylic acids is 1. The van der Waals surface area contributed by atoms with E-state index in [1.54, 1.807) is 11.8 Å². The maximum Gasteiger partial charge on any atom is 0.343 e. The molecule has 1 rings (SSSR count). The average Bonchev–Trinajstić information content (AvgIpc) is 2.62. The van der Waals surface area contributed by atoms with E-state index < -0.39 is 4.92 Å². The monoisotopic (exact) mass is 240 g/mol. The van der Waals surface area contributed by atoms with Gasteiger partial charge in [-0.25, -0.2) is 9.55 Å². The predicted molar refractivity (Wildman–Crippen MR) is 61.5 cm³/mol. The van der Waals surface area contributed by atoms with Gasteiger partial charge in [-0.15, -0.1) is 0 Å². The Labute approximate surface area is 99.2 Å². The maximum absolute atomic E-state index is 11.9. The Hall–Kier alpha value is -1.92. The van der Waals surface area contributed by atoms with E-state index in [-0.39, 0.29) is 18.3 Å². The minimum Gasteiger partial charge on any atom is -0.358 e. The topological polar surface area (TPSA) is 81.3 Å². The van der Waals surface area contributed by atoms with Gasteiger partial charge in [0.05, 0.1) is 0 Å². The van der Waals surface area contributed by atoms with Gasteiger partial charge in [0, 0.05) is 20.0 Å². The van der Waals surface area contributed by atoms with E-state index in [0.29, 0.717) is 18.9 Å². The normalized spacial score (nSPS) is 10.3. The fourth-order valence-electron chi connectivity index (χ4n) is 1.61. The molecule has 0 saturated heterocycles. The number of hydrogen-bond acceptors (Lipinski definition) is 4. The Morgan fingerprint density at radius 2 is 2.12 bits per heavy atom. The molecule has 7 heteroatoms. The van der Waals surface area contributed by atoms with Crippen LogP contribution >= 0.6 is 0 Å². The molecule has 0 fully saturated rings. The van der Waals surface area contributed by atoms with Crippen LogP contribution in [0.3, 0.4) is 0 Å². The molecule has 1 aromatic rings. The highest BCUT2D eigenvalue weighted by atomic mass is 16.6. The van der Waals surface area contributed by atoms with Crippen molar-refractivity contribution in [2.45, 2.75) is 27.3 Å². The van der Waals surface area contributed by atoms with Crippen molar-refractivity contribution in [1.29, 1.82) is 0 Å². The van der Waals surface area contributed by atoms with Crippen molar-refractivity contribution in [1.82, 2.24) is 14.5 Å². The van der Waals surface area contributed by atoms with Crippen molar-refractivity contribution in [2.24, 2.45) is 0 Å². The number of imidazole rings is 1.